The normalized spacial score (nSPS) is 11.1. The van der Waals surface area contributed by atoms with Crippen molar-refractivity contribution in [2.24, 2.45) is 0 Å². The van der Waals surface area contributed by atoms with E-state index in [0.717, 1.165) is 0 Å². The quantitative estimate of drug-likeness (QED) is 0.210. The van der Waals surface area contributed by atoms with Gasteiger partial charge in [-0.2, -0.15) is 0 Å². The molecule has 0 fully saturated rings. The molecule has 0 heterocycles. The van der Waals surface area contributed by atoms with Crippen molar-refractivity contribution in [3.05, 3.63) is 64.2 Å². The summed E-state index contributed by atoms with van der Waals surface area (Å²) in [5, 5.41) is 13.6. The highest BCUT2D eigenvalue weighted by Gasteiger charge is 2.21. The van der Waals surface area contributed by atoms with Crippen molar-refractivity contribution in [3.63, 3.8) is 0 Å². The first-order valence-corrected chi connectivity index (χ1v) is 11.5. The first-order valence-electron chi connectivity index (χ1n) is 9.56. The van der Waals surface area contributed by atoms with E-state index in [1.54, 1.807) is 13.8 Å². The molecule has 0 saturated heterocycles. The zero-order valence-corrected chi connectivity index (χ0v) is 19.1. The standard InChI is InChI=1S/C21H23ClN2O7S/c1-4-11-30-21(25)9-10-23-18-12-15(5-7-19(18)24(26)27)31-20-8-6-16(13-17(20)22)32(28,29)14(2)3/h4-8,12-14,23H,1,9-11H2,2-3H3. The Balaban J connectivity index is 2.20. The fourth-order valence-electron chi connectivity index (χ4n) is 2.54. The minimum absolute atomic E-state index is 0.00626. The van der Waals surface area contributed by atoms with E-state index in [1.165, 1.54) is 42.5 Å². The maximum Gasteiger partial charge on any atom is 0.307 e. The molecular weight excluding hydrogens is 460 g/mol. The Morgan fingerprint density at radius 3 is 2.59 bits per heavy atom. The van der Waals surface area contributed by atoms with Crippen LogP contribution in [0.25, 0.3) is 0 Å². The van der Waals surface area contributed by atoms with Crippen LogP contribution in [0.5, 0.6) is 11.5 Å². The molecule has 1 N–H and O–H groups in total. The van der Waals surface area contributed by atoms with Crippen LogP contribution in [-0.2, 0) is 19.4 Å². The average Bonchev–Trinajstić information content (AvgIpc) is 2.73. The second kappa shape index (κ2) is 11.0. The average molecular weight is 483 g/mol. The summed E-state index contributed by atoms with van der Waals surface area (Å²) in [4.78, 5) is 22.4. The number of nitrogens with one attached hydrogen (secondary N) is 1. The van der Waals surface area contributed by atoms with Crippen molar-refractivity contribution in [2.45, 2.75) is 30.4 Å². The largest absolute Gasteiger partial charge is 0.461 e. The minimum atomic E-state index is -3.50. The highest BCUT2D eigenvalue weighted by molar-refractivity contribution is 7.92. The molecule has 2 rings (SSSR count). The predicted octanol–water partition coefficient (Wildman–Crippen LogP) is 4.75. The van der Waals surface area contributed by atoms with Crippen molar-refractivity contribution in [3.8, 4) is 11.5 Å². The van der Waals surface area contributed by atoms with E-state index in [0.29, 0.717) is 0 Å². The number of nitro groups is 1. The summed E-state index contributed by atoms with van der Waals surface area (Å²) in [6.07, 6.45) is 1.43. The van der Waals surface area contributed by atoms with Crippen LogP contribution in [-0.4, -0.2) is 37.7 Å². The van der Waals surface area contributed by atoms with Crippen molar-refractivity contribution in [1.82, 2.24) is 0 Å². The van der Waals surface area contributed by atoms with E-state index < -0.39 is 26.0 Å². The first kappa shape index (κ1) is 25.2. The zero-order chi connectivity index (χ0) is 23.9. The fourth-order valence-corrected chi connectivity index (χ4v) is 3.91. The van der Waals surface area contributed by atoms with Crippen LogP contribution in [0.3, 0.4) is 0 Å². The first-order chi connectivity index (χ1) is 15.1. The van der Waals surface area contributed by atoms with Gasteiger partial charge >= 0.3 is 5.97 Å². The van der Waals surface area contributed by atoms with Crippen molar-refractivity contribution in [2.75, 3.05) is 18.5 Å². The van der Waals surface area contributed by atoms with Crippen LogP contribution in [0, 0.1) is 10.1 Å². The molecule has 0 saturated carbocycles. The molecule has 0 radical (unpaired) electrons. The number of carbonyl (C=O) groups excluding carboxylic acids is 1. The molecule has 0 amide bonds. The number of sulfone groups is 1. The minimum Gasteiger partial charge on any atom is -0.461 e. The molecule has 2 aromatic rings. The summed E-state index contributed by atoms with van der Waals surface area (Å²) in [7, 11) is -3.50. The van der Waals surface area contributed by atoms with Gasteiger partial charge in [-0.15, -0.1) is 0 Å². The van der Waals surface area contributed by atoms with E-state index in [-0.39, 0.29) is 52.4 Å². The second-order valence-corrected chi connectivity index (χ2v) is 9.78. The van der Waals surface area contributed by atoms with Crippen LogP contribution >= 0.6 is 11.6 Å². The molecule has 0 aliphatic carbocycles. The Morgan fingerprint density at radius 2 is 2.00 bits per heavy atom. The summed E-state index contributed by atoms with van der Waals surface area (Å²) >= 11 is 6.20. The molecule has 0 spiro atoms. The molecule has 0 atom stereocenters. The molecule has 0 aliphatic heterocycles. The molecule has 0 unspecified atom stereocenters. The van der Waals surface area contributed by atoms with Gasteiger partial charge in [0.25, 0.3) is 5.69 Å². The summed E-state index contributed by atoms with van der Waals surface area (Å²) in [6.45, 7) is 6.76. The van der Waals surface area contributed by atoms with Crippen LogP contribution in [0.15, 0.2) is 53.9 Å². The second-order valence-electron chi connectivity index (χ2n) is 6.87. The van der Waals surface area contributed by atoms with Crippen LogP contribution in [0.1, 0.15) is 20.3 Å². The van der Waals surface area contributed by atoms with Crippen molar-refractivity contribution in [1.29, 1.82) is 0 Å². The lowest BCUT2D eigenvalue weighted by Gasteiger charge is -2.13. The number of carbonyl (C=O) groups is 1. The van der Waals surface area contributed by atoms with E-state index >= 15 is 0 Å². The van der Waals surface area contributed by atoms with E-state index in [4.69, 9.17) is 21.1 Å². The van der Waals surface area contributed by atoms with Crippen molar-refractivity contribution >= 4 is 38.8 Å². The van der Waals surface area contributed by atoms with Gasteiger partial charge in [0, 0.05) is 18.7 Å². The van der Waals surface area contributed by atoms with Gasteiger partial charge in [-0.3, -0.25) is 14.9 Å². The van der Waals surface area contributed by atoms with Gasteiger partial charge in [-0.1, -0.05) is 24.3 Å². The molecule has 2 aromatic carbocycles. The molecule has 0 bridgehead atoms. The molecular formula is C21H23ClN2O7S. The van der Waals surface area contributed by atoms with Crippen molar-refractivity contribution < 1.29 is 27.6 Å². The predicted molar refractivity (Wildman–Crippen MR) is 121 cm³/mol. The topological polar surface area (TPSA) is 125 Å². The third-order valence-corrected chi connectivity index (χ3v) is 6.70. The van der Waals surface area contributed by atoms with Gasteiger partial charge in [-0.05, 0) is 38.1 Å². The molecule has 9 nitrogen and oxygen atoms in total. The van der Waals surface area contributed by atoms with Gasteiger partial charge in [0.05, 0.1) is 26.5 Å². The monoisotopic (exact) mass is 482 g/mol. The van der Waals surface area contributed by atoms with Gasteiger partial charge in [-0.25, -0.2) is 8.42 Å². The number of esters is 1. The maximum atomic E-state index is 12.3. The van der Waals surface area contributed by atoms with Crippen LogP contribution < -0.4 is 10.1 Å². The number of hydrogen-bond donors (Lipinski definition) is 1. The smallest absolute Gasteiger partial charge is 0.307 e. The Labute approximate surface area is 191 Å². The summed E-state index contributed by atoms with van der Waals surface area (Å²) in [5.74, 6) is -0.0634. The summed E-state index contributed by atoms with van der Waals surface area (Å²) in [6, 6.07) is 8.13. The lowest BCUT2D eigenvalue weighted by atomic mass is 10.2. The number of benzene rings is 2. The molecule has 172 valence electrons. The lowest BCUT2D eigenvalue weighted by molar-refractivity contribution is -0.384. The molecule has 11 heteroatoms. The molecule has 0 aliphatic rings. The number of rotatable bonds is 11. The number of anilines is 1. The van der Waals surface area contributed by atoms with Gasteiger partial charge in [0.1, 0.15) is 23.8 Å². The highest BCUT2D eigenvalue weighted by atomic mass is 35.5. The number of nitro benzene ring substituents is 1. The number of nitrogens with zero attached hydrogens (tertiary/aromatic N) is 1. The van der Waals surface area contributed by atoms with E-state index in [1.807, 2.05) is 0 Å². The third-order valence-electron chi connectivity index (χ3n) is 4.25. The summed E-state index contributed by atoms with van der Waals surface area (Å²) in [5.41, 5.74) is -0.0690. The Bertz CT molecular complexity index is 1120. The Kier molecular flexibility index (Phi) is 8.62. The number of hydrogen-bond acceptors (Lipinski definition) is 8. The SMILES string of the molecule is C=CCOC(=O)CCNc1cc(Oc2ccc(S(=O)(=O)C(C)C)cc2Cl)ccc1[N+](=O)[O-]. The maximum absolute atomic E-state index is 12.3. The fraction of sp³-hybridized carbons (Fsp3) is 0.286. The Hall–Kier alpha value is -3.11. The van der Waals surface area contributed by atoms with Crippen LogP contribution in [0.2, 0.25) is 5.02 Å². The zero-order valence-electron chi connectivity index (χ0n) is 17.5. The van der Waals surface area contributed by atoms with Crippen LogP contribution in [0.4, 0.5) is 11.4 Å². The van der Waals surface area contributed by atoms with E-state index in [2.05, 4.69) is 11.9 Å². The molecule has 32 heavy (non-hydrogen) atoms. The number of halogens is 1. The van der Waals surface area contributed by atoms with Gasteiger partial charge < -0.3 is 14.8 Å². The highest BCUT2D eigenvalue weighted by Crippen LogP contribution is 2.35. The van der Waals surface area contributed by atoms with E-state index in [9.17, 15) is 23.3 Å². The third kappa shape index (κ3) is 6.44. The summed E-state index contributed by atoms with van der Waals surface area (Å²) < 4.78 is 35.2. The Morgan fingerprint density at radius 1 is 1.28 bits per heavy atom. The van der Waals surface area contributed by atoms with Gasteiger partial charge in [0.15, 0.2) is 9.84 Å². The molecule has 0 aromatic heterocycles. The lowest BCUT2D eigenvalue weighted by Crippen LogP contribution is -2.13. The number of ether oxygens (including phenoxy) is 2. The van der Waals surface area contributed by atoms with Gasteiger partial charge in [0.2, 0.25) is 0 Å².